The molecule has 1 unspecified atom stereocenters. The minimum atomic E-state index is -0.791. The van der Waals surface area contributed by atoms with Crippen molar-refractivity contribution < 1.29 is 38.4 Å². The highest BCUT2D eigenvalue weighted by atomic mass is 16.6. The predicted molar refractivity (Wildman–Crippen MR) is 143 cm³/mol. The van der Waals surface area contributed by atoms with Crippen molar-refractivity contribution >= 4 is 17.9 Å². The number of hydrogen-bond acceptors (Lipinski definition) is 8. The Morgan fingerprint density at radius 2 is 1.92 bits per heavy atom. The molecule has 9 atom stereocenters. The van der Waals surface area contributed by atoms with Crippen LogP contribution in [0.2, 0.25) is 0 Å². The average Bonchev–Trinajstić information content (AvgIpc) is 3.63. The van der Waals surface area contributed by atoms with Gasteiger partial charge in [0.25, 0.3) is 0 Å². The molecule has 0 aromatic rings. The minimum Gasteiger partial charge on any atom is -0.459 e. The van der Waals surface area contributed by atoms with Gasteiger partial charge < -0.3 is 40.4 Å². The van der Waals surface area contributed by atoms with Gasteiger partial charge in [-0.1, -0.05) is 30.7 Å². The number of carbonyl (C=O) groups excluding carboxylic acids is 3. The molecule has 218 valence electrons. The van der Waals surface area contributed by atoms with Crippen LogP contribution < -0.4 is 16.4 Å². The highest BCUT2D eigenvalue weighted by Gasteiger charge is 2.58. The van der Waals surface area contributed by atoms with Crippen LogP contribution in [0, 0.1) is 5.92 Å². The van der Waals surface area contributed by atoms with Crippen molar-refractivity contribution in [3.8, 4) is 0 Å². The predicted octanol–water partition coefficient (Wildman–Crippen LogP) is 1.64. The largest absolute Gasteiger partial charge is 0.459 e. The van der Waals surface area contributed by atoms with Crippen LogP contribution in [0.15, 0.2) is 36.0 Å². The van der Waals surface area contributed by atoms with E-state index in [1.807, 2.05) is 26.0 Å². The van der Waals surface area contributed by atoms with Gasteiger partial charge in [-0.25, -0.2) is 4.79 Å². The maximum atomic E-state index is 12.3. The zero-order valence-electron chi connectivity index (χ0n) is 23.4. The average molecular weight is 550 g/mol. The number of epoxide rings is 1. The van der Waals surface area contributed by atoms with E-state index < -0.39 is 35.9 Å². The first kappa shape index (κ1) is 30.8. The van der Waals surface area contributed by atoms with Crippen molar-refractivity contribution in [2.75, 3.05) is 13.2 Å². The fourth-order valence-electron chi connectivity index (χ4n) is 5.10. The summed E-state index contributed by atoms with van der Waals surface area (Å²) in [6.45, 7) is 9.77. The number of esters is 1. The van der Waals surface area contributed by atoms with Crippen molar-refractivity contribution in [3.63, 3.8) is 0 Å². The lowest BCUT2D eigenvalue weighted by Gasteiger charge is -2.39. The Hall–Kier alpha value is -2.73. The van der Waals surface area contributed by atoms with E-state index in [1.165, 1.54) is 13.0 Å². The number of carbonyl (C=O) groups is 3. The van der Waals surface area contributed by atoms with Crippen molar-refractivity contribution in [2.45, 2.75) is 102 Å². The van der Waals surface area contributed by atoms with Gasteiger partial charge in [0.1, 0.15) is 23.9 Å². The van der Waals surface area contributed by atoms with Gasteiger partial charge in [0.2, 0.25) is 5.91 Å². The van der Waals surface area contributed by atoms with Crippen LogP contribution in [-0.2, 0) is 28.5 Å². The minimum absolute atomic E-state index is 0.0000540. The van der Waals surface area contributed by atoms with Crippen LogP contribution in [0.5, 0.6) is 0 Å². The Morgan fingerprint density at radius 3 is 2.56 bits per heavy atom. The van der Waals surface area contributed by atoms with E-state index >= 15 is 0 Å². The van der Waals surface area contributed by atoms with E-state index in [9.17, 15) is 19.5 Å². The van der Waals surface area contributed by atoms with Crippen molar-refractivity contribution in [1.82, 2.24) is 10.6 Å². The third kappa shape index (κ3) is 9.16. The standard InChI is InChI=1S/C28H43N3O8/c1-16(7-10-24-26(34)28(15-36-28)13-21(39-24)14-30-27(29)35)6-9-23-17(2)12-22(19(4)38-23)31-25(33)11-8-18(3)37-20(5)32/h6-8,10-11,17-19,21-24,26,34H,9,12-15H2,1-5H3,(H,31,33)(H3,29,30,35)/t17-,18?,19+,21-,22+,23-,24+,26+,28+/m0/s1. The van der Waals surface area contributed by atoms with Crippen LogP contribution in [0.3, 0.4) is 0 Å². The molecular formula is C28H43N3O8. The SMILES string of the molecule is CC(=O)OC(C)C=CC(=O)N[C@@H]1C[C@H](C)[C@H](CC=C(C)C=C[C@H]2O[C@H](CNC(N)=O)C[C@@]3(CO3)[C@@H]2O)O[C@@H]1C. The first-order valence-electron chi connectivity index (χ1n) is 13.6. The van der Waals surface area contributed by atoms with Gasteiger partial charge in [-0.05, 0) is 45.6 Å². The first-order valence-corrected chi connectivity index (χ1v) is 13.6. The monoisotopic (exact) mass is 549 g/mol. The van der Waals surface area contributed by atoms with Crippen molar-refractivity contribution in [1.29, 1.82) is 0 Å². The van der Waals surface area contributed by atoms with E-state index in [0.717, 1.165) is 12.0 Å². The van der Waals surface area contributed by atoms with Crippen LogP contribution in [0.1, 0.15) is 53.9 Å². The smallest absolute Gasteiger partial charge is 0.312 e. The van der Waals surface area contributed by atoms with Gasteiger partial charge >= 0.3 is 12.0 Å². The Morgan fingerprint density at radius 1 is 1.21 bits per heavy atom. The number of primary amides is 1. The summed E-state index contributed by atoms with van der Waals surface area (Å²) >= 11 is 0. The maximum absolute atomic E-state index is 12.3. The summed E-state index contributed by atoms with van der Waals surface area (Å²) in [4.78, 5) is 34.4. The number of nitrogens with two attached hydrogens (primary N) is 1. The zero-order chi connectivity index (χ0) is 28.7. The molecule has 0 aromatic carbocycles. The molecule has 39 heavy (non-hydrogen) atoms. The topological polar surface area (TPSA) is 162 Å². The number of urea groups is 1. The van der Waals surface area contributed by atoms with Gasteiger partial charge in [0.15, 0.2) is 0 Å². The second-order valence-electron chi connectivity index (χ2n) is 10.9. The molecule has 11 heteroatoms. The molecule has 3 saturated heterocycles. The summed E-state index contributed by atoms with van der Waals surface area (Å²) < 4.78 is 22.8. The first-order chi connectivity index (χ1) is 18.4. The molecule has 0 aromatic heterocycles. The van der Waals surface area contributed by atoms with E-state index in [2.05, 4.69) is 23.6 Å². The molecule has 0 saturated carbocycles. The second-order valence-corrected chi connectivity index (χ2v) is 10.9. The number of rotatable bonds is 10. The molecule has 0 aliphatic carbocycles. The molecule has 3 fully saturated rings. The molecule has 3 amide bonds. The van der Waals surface area contributed by atoms with Gasteiger partial charge in [0, 0.05) is 26.0 Å². The molecule has 1 spiro atoms. The normalized spacial score (nSPS) is 35.6. The van der Waals surface area contributed by atoms with Crippen LogP contribution in [0.25, 0.3) is 0 Å². The quantitative estimate of drug-likeness (QED) is 0.138. The van der Waals surface area contributed by atoms with Gasteiger partial charge in [-0.2, -0.15) is 0 Å². The third-order valence-corrected chi connectivity index (χ3v) is 7.43. The molecular weight excluding hydrogens is 506 g/mol. The molecule has 5 N–H and O–H groups in total. The molecule has 3 aliphatic heterocycles. The van der Waals surface area contributed by atoms with Gasteiger partial charge in [-0.15, -0.1) is 0 Å². The summed E-state index contributed by atoms with van der Waals surface area (Å²) in [6.07, 6.45) is 8.44. The molecule has 3 rings (SSSR count). The molecule has 3 heterocycles. The molecule has 0 radical (unpaired) electrons. The number of amides is 3. The summed E-state index contributed by atoms with van der Waals surface area (Å²) in [5, 5.41) is 16.3. The van der Waals surface area contributed by atoms with Crippen LogP contribution in [-0.4, -0.2) is 84.4 Å². The second kappa shape index (κ2) is 13.6. The number of aliphatic hydroxyl groups excluding tert-OH is 1. The Kier molecular flexibility index (Phi) is 10.7. The van der Waals surface area contributed by atoms with Crippen molar-refractivity contribution in [2.24, 2.45) is 11.7 Å². The van der Waals surface area contributed by atoms with E-state index in [0.29, 0.717) is 19.4 Å². The lowest BCUT2D eigenvalue weighted by atomic mass is 9.87. The fraction of sp³-hybridized carbons (Fsp3) is 0.679. The summed E-state index contributed by atoms with van der Waals surface area (Å²) in [7, 11) is 0. The van der Waals surface area contributed by atoms with Crippen molar-refractivity contribution in [3.05, 3.63) is 36.0 Å². The summed E-state index contributed by atoms with van der Waals surface area (Å²) in [5.41, 5.74) is 5.55. The Balaban J connectivity index is 1.49. The number of allylic oxidation sites excluding steroid dienone is 2. The van der Waals surface area contributed by atoms with Gasteiger partial charge in [0.05, 0.1) is 31.0 Å². The zero-order valence-corrected chi connectivity index (χ0v) is 23.4. The summed E-state index contributed by atoms with van der Waals surface area (Å²) in [6, 6.07) is -0.743. The van der Waals surface area contributed by atoms with Gasteiger partial charge in [-0.3, -0.25) is 9.59 Å². The maximum Gasteiger partial charge on any atom is 0.312 e. The van der Waals surface area contributed by atoms with Crippen LogP contribution in [0.4, 0.5) is 4.79 Å². The fourth-order valence-corrected chi connectivity index (χ4v) is 5.10. The number of aliphatic hydroxyl groups is 1. The summed E-state index contributed by atoms with van der Waals surface area (Å²) in [5.74, 6) is -0.428. The number of hydrogen-bond donors (Lipinski definition) is 4. The Bertz CT molecular complexity index is 976. The highest BCUT2D eigenvalue weighted by Crippen LogP contribution is 2.42. The van der Waals surface area contributed by atoms with E-state index in [-0.39, 0.29) is 42.7 Å². The number of nitrogens with one attached hydrogen (secondary N) is 2. The molecule has 3 aliphatic rings. The van der Waals surface area contributed by atoms with E-state index in [1.54, 1.807) is 13.0 Å². The Labute approximate surface area is 230 Å². The van der Waals surface area contributed by atoms with E-state index in [4.69, 9.17) is 24.7 Å². The lowest BCUT2D eigenvalue weighted by Crippen LogP contribution is -2.53. The number of ether oxygens (including phenoxy) is 4. The van der Waals surface area contributed by atoms with Crippen LogP contribution >= 0.6 is 0 Å². The molecule has 11 nitrogen and oxygen atoms in total. The highest BCUT2D eigenvalue weighted by molar-refractivity contribution is 5.87. The third-order valence-electron chi connectivity index (χ3n) is 7.43. The molecule has 0 bridgehead atoms. The lowest BCUT2D eigenvalue weighted by molar-refractivity contribution is -0.143.